The van der Waals surface area contributed by atoms with Crippen LogP contribution in [0, 0.1) is 0 Å². The second-order valence-electron chi connectivity index (χ2n) is 5.16. The highest BCUT2D eigenvalue weighted by Crippen LogP contribution is 2.24. The highest BCUT2D eigenvalue weighted by Gasteiger charge is 2.19. The quantitative estimate of drug-likeness (QED) is 0.757. The van der Waals surface area contributed by atoms with E-state index in [0.29, 0.717) is 11.4 Å². The predicted octanol–water partition coefficient (Wildman–Crippen LogP) is 3.32. The maximum absolute atomic E-state index is 12.3. The number of rotatable bonds is 5. The number of nitrogens with one attached hydrogen (secondary N) is 1. The van der Waals surface area contributed by atoms with Gasteiger partial charge in [0.05, 0.1) is 12.0 Å². The lowest BCUT2D eigenvalue weighted by molar-refractivity contribution is -0.113. The van der Waals surface area contributed by atoms with Gasteiger partial charge in [0.1, 0.15) is 11.5 Å². The van der Waals surface area contributed by atoms with E-state index in [1.807, 2.05) is 23.6 Å². The lowest BCUT2D eigenvalue weighted by atomic mass is 10.2. The summed E-state index contributed by atoms with van der Waals surface area (Å²) in [4.78, 5) is 12.2. The van der Waals surface area contributed by atoms with Crippen LogP contribution in [0.4, 0.5) is 5.69 Å². The van der Waals surface area contributed by atoms with Crippen LogP contribution in [0.1, 0.15) is 0 Å². The van der Waals surface area contributed by atoms with Crippen molar-refractivity contribution in [3.8, 4) is 5.75 Å². The average molecular weight is 361 g/mol. The molecule has 0 radical (unpaired) electrons. The molecule has 24 heavy (non-hydrogen) atoms. The summed E-state index contributed by atoms with van der Waals surface area (Å²) in [5.74, 6) is -0.621. The van der Waals surface area contributed by atoms with Gasteiger partial charge in [0.15, 0.2) is 9.84 Å². The van der Waals surface area contributed by atoms with Gasteiger partial charge in [0, 0.05) is 10.4 Å². The number of hydrogen-bond donors (Lipinski definition) is 1. The third-order valence-electron chi connectivity index (χ3n) is 3.48. The van der Waals surface area contributed by atoms with E-state index in [1.165, 1.54) is 19.2 Å². The van der Waals surface area contributed by atoms with E-state index in [1.54, 1.807) is 29.5 Å². The first-order valence-corrected chi connectivity index (χ1v) is 9.65. The fraction of sp³-hybridized carbons (Fsp3) is 0.118. The lowest BCUT2D eigenvalue weighted by Gasteiger charge is -2.07. The van der Waals surface area contributed by atoms with Gasteiger partial charge >= 0.3 is 0 Å². The second kappa shape index (κ2) is 6.62. The third kappa shape index (κ3) is 3.58. The number of hydrogen-bond acceptors (Lipinski definition) is 5. The van der Waals surface area contributed by atoms with Crippen LogP contribution in [0.15, 0.2) is 58.8 Å². The minimum atomic E-state index is -3.70. The van der Waals surface area contributed by atoms with Gasteiger partial charge in [-0.05, 0) is 59.3 Å². The van der Waals surface area contributed by atoms with Gasteiger partial charge in [-0.3, -0.25) is 4.79 Å². The van der Waals surface area contributed by atoms with Crippen molar-refractivity contribution in [3.63, 3.8) is 0 Å². The molecule has 0 aliphatic rings. The number of amides is 1. The lowest BCUT2D eigenvalue weighted by Crippen LogP contribution is -2.23. The summed E-state index contributed by atoms with van der Waals surface area (Å²) in [5.41, 5.74) is 0.579. The summed E-state index contributed by atoms with van der Waals surface area (Å²) in [6.45, 7) is 0. The number of methoxy groups -OCH3 is 1. The number of ether oxygens (including phenoxy) is 1. The van der Waals surface area contributed by atoms with Gasteiger partial charge in [-0.2, -0.15) is 0 Å². The van der Waals surface area contributed by atoms with Crippen molar-refractivity contribution in [2.75, 3.05) is 18.2 Å². The van der Waals surface area contributed by atoms with Gasteiger partial charge < -0.3 is 10.1 Å². The summed E-state index contributed by atoms with van der Waals surface area (Å²) in [6.07, 6.45) is 0. The van der Waals surface area contributed by atoms with Crippen LogP contribution in [0.3, 0.4) is 0 Å². The average Bonchev–Trinajstić information content (AvgIpc) is 3.02. The molecular formula is C17H15NO4S2. The first-order valence-electron chi connectivity index (χ1n) is 7.12. The first-order chi connectivity index (χ1) is 11.5. The number of anilines is 1. The van der Waals surface area contributed by atoms with E-state index >= 15 is 0 Å². The Morgan fingerprint density at radius 3 is 2.58 bits per heavy atom. The van der Waals surface area contributed by atoms with Crippen molar-refractivity contribution < 1.29 is 17.9 Å². The highest BCUT2D eigenvalue weighted by molar-refractivity contribution is 7.92. The van der Waals surface area contributed by atoms with Crippen LogP contribution in [0.5, 0.6) is 5.75 Å². The third-order valence-corrected chi connectivity index (χ3v) is 6.01. The molecule has 0 saturated heterocycles. The summed E-state index contributed by atoms with van der Waals surface area (Å²) in [6, 6.07) is 13.4. The van der Waals surface area contributed by atoms with E-state index in [2.05, 4.69) is 5.32 Å². The molecule has 0 aliphatic carbocycles. The zero-order chi connectivity index (χ0) is 17.2. The number of carbonyl (C=O) groups excluding carboxylic acids is 1. The molecule has 0 bridgehead atoms. The minimum absolute atomic E-state index is 0.0896. The van der Waals surface area contributed by atoms with Crippen molar-refractivity contribution in [1.29, 1.82) is 0 Å². The zero-order valence-corrected chi connectivity index (χ0v) is 14.5. The van der Waals surface area contributed by atoms with Gasteiger partial charge in [-0.1, -0.05) is 0 Å². The topological polar surface area (TPSA) is 72.5 Å². The summed E-state index contributed by atoms with van der Waals surface area (Å²) < 4.78 is 30.7. The smallest absolute Gasteiger partial charge is 0.239 e. The molecule has 0 unspecified atom stereocenters. The van der Waals surface area contributed by atoms with Crippen molar-refractivity contribution in [1.82, 2.24) is 0 Å². The molecule has 3 rings (SSSR count). The normalized spacial score (nSPS) is 11.4. The van der Waals surface area contributed by atoms with Crippen molar-refractivity contribution >= 4 is 42.9 Å². The zero-order valence-electron chi connectivity index (χ0n) is 12.9. The molecule has 7 heteroatoms. The van der Waals surface area contributed by atoms with Crippen LogP contribution < -0.4 is 10.1 Å². The number of benzene rings is 2. The fourth-order valence-corrected chi connectivity index (χ4v) is 4.19. The van der Waals surface area contributed by atoms with Crippen LogP contribution in [-0.2, 0) is 14.6 Å². The number of carbonyl (C=O) groups is 1. The van der Waals surface area contributed by atoms with Crippen LogP contribution >= 0.6 is 11.3 Å². The van der Waals surface area contributed by atoms with Crippen LogP contribution in [-0.4, -0.2) is 27.2 Å². The molecule has 1 amide bonds. The Bertz CT molecular complexity index is 975. The van der Waals surface area contributed by atoms with Crippen LogP contribution in [0.2, 0.25) is 0 Å². The van der Waals surface area contributed by atoms with E-state index in [4.69, 9.17) is 4.74 Å². The van der Waals surface area contributed by atoms with Crippen molar-refractivity contribution in [3.05, 3.63) is 53.9 Å². The molecule has 0 saturated carbocycles. The van der Waals surface area contributed by atoms with E-state index in [-0.39, 0.29) is 4.90 Å². The Morgan fingerprint density at radius 1 is 1.12 bits per heavy atom. The van der Waals surface area contributed by atoms with Crippen molar-refractivity contribution in [2.24, 2.45) is 0 Å². The molecule has 0 fully saturated rings. The van der Waals surface area contributed by atoms with Gasteiger partial charge in [-0.25, -0.2) is 8.42 Å². The second-order valence-corrected chi connectivity index (χ2v) is 8.09. The molecule has 0 atom stereocenters. The number of thiophene rings is 1. The highest BCUT2D eigenvalue weighted by atomic mass is 32.2. The Labute approximate surface area is 143 Å². The Balaban J connectivity index is 1.72. The van der Waals surface area contributed by atoms with Crippen molar-refractivity contribution in [2.45, 2.75) is 4.90 Å². The monoisotopic (exact) mass is 361 g/mol. The number of sulfone groups is 1. The maximum atomic E-state index is 12.3. The molecule has 124 valence electrons. The van der Waals surface area contributed by atoms with Crippen LogP contribution in [0.25, 0.3) is 10.1 Å². The molecule has 1 N–H and O–H groups in total. The van der Waals surface area contributed by atoms with Gasteiger partial charge in [0.25, 0.3) is 0 Å². The molecule has 2 aromatic carbocycles. The maximum Gasteiger partial charge on any atom is 0.239 e. The number of fused-ring (bicyclic) bond motifs is 1. The van der Waals surface area contributed by atoms with Gasteiger partial charge in [0.2, 0.25) is 5.91 Å². The predicted molar refractivity (Wildman–Crippen MR) is 95.5 cm³/mol. The Kier molecular flexibility index (Phi) is 4.55. The first kappa shape index (κ1) is 16.5. The fourth-order valence-electron chi connectivity index (χ4n) is 2.28. The Hall–Kier alpha value is -2.38. The molecule has 0 aliphatic heterocycles. The molecular weight excluding hydrogens is 346 g/mol. The molecule has 1 heterocycles. The van der Waals surface area contributed by atoms with Gasteiger partial charge in [-0.15, -0.1) is 11.3 Å². The standard InChI is InChI=1S/C17H15NO4S2/c1-22-14-3-5-15(6-4-14)24(20,21)11-17(19)18-13-2-7-16-12(10-13)8-9-23-16/h2-10H,11H2,1H3,(H,18,19). The largest absolute Gasteiger partial charge is 0.497 e. The van der Waals surface area contributed by atoms with E-state index in [0.717, 1.165) is 10.1 Å². The molecule has 5 nitrogen and oxygen atoms in total. The van der Waals surface area contributed by atoms with E-state index < -0.39 is 21.5 Å². The SMILES string of the molecule is COc1ccc(S(=O)(=O)CC(=O)Nc2ccc3sccc3c2)cc1. The summed E-state index contributed by atoms with van der Waals surface area (Å²) >= 11 is 1.61. The Morgan fingerprint density at radius 2 is 1.88 bits per heavy atom. The summed E-state index contributed by atoms with van der Waals surface area (Å²) in [7, 11) is -2.20. The summed E-state index contributed by atoms with van der Waals surface area (Å²) in [5, 5.41) is 5.61. The minimum Gasteiger partial charge on any atom is -0.497 e. The molecule has 3 aromatic rings. The molecule has 0 spiro atoms. The molecule has 1 aromatic heterocycles. The van der Waals surface area contributed by atoms with E-state index in [9.17, 15) is 13.2 Å².